The van der Waals surface area contributed by atoms with Crippen LogP contribution in [0.15, 0.2) is 30.3 Å². The van der Waals surface area contributed by atoms with Crippen molar-refractivity contribution >= 4 is 5.97 Å². The summed E-state index contributed by atoms with van der Waals surface area (Å²) in [7, 11) is 0. The fourth-order valence-electron chi connectivity index (χ4n) is 1.30. The van der Waals surface area contributed by atoms with Crippen LogP contribution in [0.5, 0.6) is 0 Å². The van der Waals surface area contributed by atoms with E-state index in [0.29, 0.717) is 6.42 Å². The first-order chi connectivity index (χ1) is 6.74. The maximum atomic E-state index is 10.4. The third kappa shape index (κ3) is 2.95. The maximum absolute atomic E-state index is 10.4. The van der Waals surface area contributed by atoms with Gasteiger partial charge in [-0.05, 0) is 12.0 Å². The molecule has 72 valence electrons. The van der Waals surface area contributed by atoms with Crippen molar-refractivity contribution < 1.29 is 9.90 Å². The van der Waals surface area contributed by atoms with E-state index in [1.54, 1.807) is 0 Å². The van der Waals surface area contributed by atoms with Crippen LogP contribution in [0.4, 0.5) is 0 Å². The molecule has 1 rings (SSSR count). The largest absolute Gasteiger partial charge is 0.481 e. The third-order valence-corrected chi connectivity index (χ3v) is 2.05. The molecule has 0 saturated carbocycles. The van der Waals surface area contributed by atoms with Crippen LogP contribution in [0.1, 0.15) is 24.3 Å². The van der Waals surface area contributed by atoms with Crippen LogP contribution in [0.25, 0.3) is 0 Å². The zero-order chi connectivity index (χ0) is 10.4. The molecule has 1 unspecified atom stereocenters. The Balaban J connectivity index is 2.65. The van der Waals surface area contributed by atoms with Crippen molar-refractivity contribution in [3.05, 3.63) is 35.9 Å². The standard InChI is InChI=1S/C12H12O2/c1-2-10(8-9-12(13)14)11-6-4-3-5-7-11/h1,3-7,10H,8-9H2,(H,13,14). The number of terminal acetylenes is 1. The Bertz CT molecular complexity index is 335. The Hall–Kier alpha value is -1.75. The Morgan fingerprint density at radius 1 is 1.43 bits per heavy atom. The first-order valence-electron chi connectivity index (χ1n) is 4.47. The van der Waals surface area contributed by atoms with Crippen LogP contribution < -0.4 is 0 Å². The highest BCUT2D eigenvalue weighted by Crippen LogP contribution is 2.19. The normalized spacial score (nSPS) is 11.6. The van der Waals surface area contributed by atoms with Gasteiger partial charge in [0.05, 0.1) is 0 Å². The van der Waals surface area contributed by atoms with E-state index in [1.165, 1.54) is 0 Å². The highest BCUT2D eigenvalue weighted by molar-refractivity contribution is 5.66. The quantitative estimate of drug-likeness (QED) is 0.736. The second-order valence-electron chi connectivity index (χ2n) is 3.06. The predicted molar refractivity (Wildman–Crippen MR) is 54.9 cm³/mol. The number of carboxylic acid groups (broad SMARTS) is 1. The fraction of sp³-hybridized carbons (Fsp3) is 0.250. The Morgan fingerprint density at radius 2 is 2.07 bits per heavy atom. The Kier molecular flexibility index (Phi) is 3.75. The van der Waals surface area contributed by atoms with Gasteiger partial charge in [0, 0.05) is 12.3 Å². The van der Waals surface area contributed by atoms with E-state index in [1.807, 2.05) is 30.3 Å². The van der Waals surface area contributed by atoms with Crippen LogP contribution in [-0.2, 0) is 4.79 Å². The number of rotatable bonds is 4. The Labute approximate surface area is 83.6 Å². The van der Waals surface area contributed by atoms with Crippen molar-refractivity contribution in [1.29, 1.82) is 0 Å². The van der Waals surface area contributed by atoms with Crippen molar-refractivity contribution in [1.82, 2.24) is 0 Å². The van der Waals surface area contributed by atoms with Gasteiger partial charge in [0.15, 0.2) is 0 Å². The topological polar surface area (TPSA) is 37.3 Å². The summed E-state index contributed by atoms with van der Waals surface area (Å²) in [4.78, 5) is 10.4. The third-order valence-electron chi connectivity index (χ3n) is 2.05. The van der Waals surface area contributed by atoms with Crippen LogP contribution in [-0.4, -0.2) is 11.1 Å². The predicted octanol–water partition coefficient (Wildman–Crippen LogP) is 2.27. The van der Waals surface area contributed by atoms with Crippen molar-refractivity contribution in [2.24, 2.45) is 0 Å². The SMILES string of the molecule is C#CC(CCC(=O)O)c1ccccc1. The van der Waals surface area contributed by atoms with E-state index >= 15 is 0 Å². The van der Waals surface area contributed by atoms with Crippen LogP contribution in [0.3, 0.4) is 0 Å². The molecule has 0 heterocycles. The minimum absolute atomic E-state index is 0.0905. The first-order valence-corrected chi connectivity index (χ1v) is 4.47. The molecule has 14 heavy (non-hydrogen) atoms. The number of hydrogen-bond donors (Lipinski definition) is 1. The molecule has 0 spiro atoms. The second kappa shape index (κ2) is 5.08. The summed E-state index contributed by atoms with van der Waals surface area (Å²) in [5, 5.41) is 8.54. The van der Waals surface area contributed by atoms with Crippen molar-refractivity contribution in [3.8, 4) is 12.3 Å². The van der Waals surface area contributed by atoms with Gasteiger partial charge in [-0.3, -0.25) is 4.79 Å². The summed E-state index contributed by atoms with van der Waals surface area (Å²) in [5.74, 6) is 1.72. The first kappa shape index (κ1) is 10.3. The van der Waals surface area contributed by atoms with Gasteiger partial charge in [-0.1, -0.05) is 36.3 Å². The summed E-state index contributed by atoms with van der Waals surface area (Å²) in [6.07, 6.45) is 5.96. The van der Waals surface area contributed by atoms with Gasteiger partial charge in [-0.2, -0.15) is 0 Å². The molecule has 0 aromatic heterocycles. The lowest BCUT2D eigenvalue weighted by Gasteiger charge is -2.08. The number of carbonyl (C=O) groups is 1. The van der Waals surface area contributed by atoms with Crippen molar-refractivity contribution in [2.45, 2.75) is 18.8 Å². The maximum Gasteiger partial charge on any atom is 0.303 e. The van der Waals surface area contributed by atoms with Gasteiger partial charge in [0.25, 0.3) is 0 Å². The lowest BCUT2D eigenvalue weighted by Crippen LogP contribution is -2.01. The average molecular weight is 188 g/mol. The summed E-state index contributed by atoms with van der Waals surface area (Å²) >= 11 is 0. The van der Waals surface area contributed by atoms with Gasteiger partial charge in [-0.15, -0.1) is 6.42 Å². The molecule has 0 saturated heterocycles. The number of aliphatic carboxylic acids is 1. The number of hydrogen-bond acceptors (Lipinski definition) is 1. The monoisotopic (exact) mass is 188 g/mol. The van der Waals surface area contributed by atoms with Gasteiger partial charge in [-0.25, -0.2) is 0 Å². The molecule has 0 aliphatic heterocycles. The summed E-state index contributed by atoms with van der Waals surface area (Å²) in [6.45, 7) is 0. The molecule has 0 fully saturated rings. The molecule has 0 aliphatic rings. The molecular formula is C12H12O2. The zero-order valence-corrected chi connectivity index (χ0v) is 7.81. The number of carboxylic acids is 1. The van der Waals surface area contributed by atoms with E-state index in [9.17, 15) is 4.79 Å². The van der Waals surface area contributed by atoms with Gasteiger partial charge in [0.2, 0.25) is 0 Å². The highest BCUT2D eigenvalue weighted by Gasteiger charge is 2.09. The lowest BCUT2D eigenvalue weighted by atomic mass is 9.95. The van der Waals surface area contributed by atoms with Crippen LogP contribution in [0.2, 0.25) is 0 Å². The molecule has 1 aromatic rings. The highest BCUT2D eigenvalue weighted by atomic mass is 16.4. The minimum atomic E-state index is -0.804. The van der Waals surface area contributed by atoms with Gasteiger partial charge < -0.3 is 5.11 Å². The molecule has 0 bridgehead atoms. The zero-order valence-electron chi connectivity index (χ0n) is 7.81. The summed E-state index contributed by atoms with van der Waals surface area (Å²) < 4.78 is 0. The molecule has 0 amide bonds. The number of benzene rings is 1. The fourth-order valence-corrected chi connectivity index (χ4v) is 1.30. The van der Waals surface area contributed by atoms with Crippen LogP contribution in [0, 0.1) is 12.3 Å². The average Bonchev–Trinajstić information content (AvgIpc) is 2.20. The van der Waals surface area contributed by atoms with Gasteiger partial charge >= 0.3 is 5.97 Å². The van der Waals surface area contributed by atoms with Gasteiger partial charge in [0.1, 0.15) is 0 Å². The van der Waals surface area contributed by atoms with Crippen molar-refractivity contribution in [2.75, 3.05) is 0 Å². The molecule has 1 atom stereocenters. The van der Waals surface area contributed by atoms with E-state index in [-0.39, 0.29) is 12.3 Å². The molecule has 0 aliphatic carbocycles. The van der Waals surface area contributed by atoms with Crippen LogP contribution >= 0.6 is 0 Å². The minimum Gasteiger partial charge on any atom is -0.481 e. The second-order valence-corrected chi connectivity index (χ2v) is 3.06. The Morgan fingerprint density at radius 3 is 2.57 bits per heavy atom. The van der Waals surface area contributed by atoms with E-state index in [4.69, 9.17) is 11.5 Å². The molecule has 1 N–H and O–H groups in total. The van der Waals surface area contributed by atoms with E-state index in [2.05, 4.69) is 5.92 Å². The molecule has 1 aromatic carbocycles. The van der Waals surface area contributed by atoms with E-state index < -0.39 is 5.97 Å². The van der Waals surface area contributed by atoms with Crippen molar-refractivity contribution in [3.63, 3.8) is 0 Å². The summed E-state index contributed by atoms with van der Waals surface area (Å²) in [5.41, 5.74) is 1.01. The lowest BCUT2D eigenvalue weighted by molar-refractivity contribution is -0.137. The molecular weight excluding hydrogens is 176 g/mol. The summed E-state index contributed by atoms with van der Waals surface area (Å²) in [6, 6.07) is 9.56. The molecule has 2 nitrogen and oxygen atoms in total. The van der Waals surface area contributed by atoms with E-state index in [0.717, 1.165) is 5.56 Å². The molecule has 0 radical (unpaired) electrons. The smallest absolute Gasteiger partial charge is 0.303 e. The molecule has 2 heteroatoms.